The molecular weight excluding hydrogens is 237 g/mol. The van der Waals surface area contributed by atoms with Gasteiger partial charge in [0.1, 0.15) is 0 Å². The Bertz CT molecular complexity index is 450. The summed E-state index contributed by atoms with van der Waals surface area (Å²) in [5.41, 5.74) is 0.409. The normalized spacial score (nSPS) is 19.1. The molecule has 1 heterocycles. The molecular formula is C13H16FNO3. The molecule has 1 atom stereocenters. The van der Waals surface area contributed by atoms with E-state index in [1.54, 1.807) is 4.90 Å². The minimum atomic E-state index is -0.483. The molecule has 5 heteroatoms. The van der Waals surface area contributed by atoms with Crippen molar-refractivity contribution in [2.75, 3.05) is 26.8 Å². The van der Waals surface area contributed by atoms with E-state index in [4.69, 9.17) is 9.84 Å². The molecule has 1 N–H and O–H groups in total. The third-order valence-electron chi connectivity index (χ3n) is 3.23. The van der Waals surface area contributed by atoms with Crippen LogP contribution in [0.15, 0.2) is 18.2 Å². The molecule has 2 rings (SSSR count). The smallest absolute Gasteiger partial charge is 0.254 e. The first kappa shape index (κ1) is 12.8. The van der Waals surface area contributed by atoms with Gasteiger partial charge in [-0.3, -0.25) is 4.79 Å². The number of halogens is 1. The molecule has 1 fully saturated rings. The Morgan fingerprint density at radius 3 is 3.00 bits per heavy atom. The second-order valence-corrected chi connectivity index (χ2v) is 4.44. The Labute approximate surface area is 105 Å². The molecule has 1 aliphatic rings. The van der Waals surface area contributed by atoms with Gasteiger partial charge in [-0.2, -0.15) is 0 Å². The molecule has 0 radical (unpaired) electrons. The number of hydrogen-bond acceptors (Lipinski definition) is 3. The fraction of sp³-hybridized carbons (Fsp3) is 0.462. The fourth-order valence-electron chi connectivity index (χ4n) is 2.14. The average Bonchev–Trinajstić information content (AvgIpc) is 2.87. The van der Waals surface area contributed by atoms with E-state index in [1.165, 1.54) is 25.3 Å². The van der Waals surface area contributed by atoms with Crippen molar-refractivity contribution in [3.05, 3.63) is 29.6 Å². The zero-order chi connectivity index (χ0) is 13.1. The average molecular weight is 253 g/mol. The van der Waals surface area contributed by atoms with Gasteiger partial charge in [0.05, 0.1) is 7.11 Å². The standard InChI is InChI=1S/C13H16FNO3/c1-18-12-6-10(2-3-11(12)14)13(17)15-5-4-9(7-15)8-16/h2-3,6,9,16H,4-5,7-8H2,1H3. The van der Waals surface area contributed by atoms with Crippen LogP contribution in [0.3, 0.4) is 0 Å². The summed E-state index contributed by atoms with van der Waals surface area (Å²) in [6, 6.07) is 4.09. The second kappa shape index (κ2) is 5.35. The number of amides is 1. The van der Waals surface area contributed by atoms with Crippen LogP contribution in [-0.2, 0) is 0 Å². The van der Waals surface area contributed by atoms with Crippen molar-refractivity contribution in [1.29, 1.82) is 0 Å². The van der Waals surface area contributed by atoms with Gasteiger partial charge < -0.3 is 14.7 Å². The monoisotopic (exact) mass is 253 g/mol. The third-order valence-corrected chi connectivity index (χ3v) is 3.23. The molecule has 0 spiro atoms. The molecule has 98 valence electrons. The molecule has 0 aliphatic carbocycles. The van der Waals surface area contributed by atoms with Crippen LogP contribution >= 0.6 is 0 Å². The van der Waals surface area contributed by atoms with Crippen molar-refractivity contribution in [2.45, 2.75) is 6.42 Å². The van der Waals surface area contributed by atoms with E-state index in [0.717, 1.165) is 6.42 Å². The summed E-state index contributed by atoms with van der Waals surface area (Å²) in [5.74, 6) is -0.414. The van der Waals surface area contributed by atoms with Crippen molar-refractivity contribution in [3.8, 4) is 5.75 Å². The Morgan fingerprint density at radius 1 is 1.61 bits per heavy atom. The van der Waals surface area contributed by atoms with Crippen LogP contribution in [0.2, 0.25) is 0 Å². The molecule has 1 aromatic carbocycles. The van der Waals surface area contributed by atoms with Crippen LogP contribution in [0, 0.1) is 11.7 Å². The highest BCUT2D eigenvalue weighted by Crippen LogP contribution is 2.22. The van der Waals surface area contributed by atoms with Crippen molar-refractivity contribution >= 4 is 5.91 Å². The molecule has 1 unspecified atom stereocenters. The van der Waals surface area contributed by atoms with Crippen LogP contribution in [0.1, 0.15) is 16.8 Å². The SMILES string of the molecule is COc1cc(C(=O)N2CCC(CO)C2)ccc1F. The fourth-order valence-corrected chi connectivity index (χ4v) is 2.14. The summed E-state index contributed by atoms with van der Waals surface area (Å²) >= 11 is 0. The number of hydrogen-bond donors (Lipinski definition) is 1. The maximum atomic E-state index is 13.2. The number of carbonyl (C=O) groups is 1. The number of carbonyl (C=O) groups excluding carboxylic acids is 1. The van der Waals surface area contributed by atoms with Crippen molar-refractivity contribution < 1.29 is 19.0 Å². The molecule has 0 aromatic heterocycles. The first-order chi connectivity index (χ1) is 8.65. The van der Waals surface area contributed by atoms with E-state index in [1.807, 2.05) is 0 Å². The molecule has 1 saturated heterocycles. The highest BCUT2D eigenvalue weighted by molar-refractivity contribution is 5.94. The number of ether oxygens (including phenoxy) is 1. The number of nitrogens with zero attached hydrogens (tertiary/aromatic N) is 1. The van der Waals surface area contributed by atoms with E-state index < -0.39 is 5.82 Å². The summed E-state index contributed by atoms with van der Waals surface area (Å²) in [6.45, 7) is 1.27. The first-order valence-corrected chi connectivity index (χ1v) is 5.89. The predicted molar refractivity (Wildman–Crippen MR) is 64.0 cm³/mol. The van der Waals surface area contributed by atoms with Gasteiger partial charge in [-0.05, 0) is 24.6 Å². The Morgan fingerprint density at radius 2 is 2.39 bits per heavy atom. The highest BCUT2D eigenvalue weighted by atomic mass is 19.1. The molecule has 1 aliphatic heterocycles. The zero-order valence-corrected chi connectivity index (χ0v) is 10.2. The predicted octanol–water partition coefficient (Wildman–Crippen LogP) is 1.29. The van der Waals surface area contributed by atoms with Gasteiger partial charge >= 0.3 is 0 Å². The van der Waals surface area contributed by atoms with Gasteiger partial charge in [0.25, 0.3) is 5.91 Å². The molecule has 1 aromatic rings. The number of likely N-dealkylation sites (tertiary alicyclic amines) is 1. The van der Waals surface area contributed by atoms with Crippen LogP contribution in [0.25, 0.3) is 0 Å². The van der Waals surface area contributed by atoms with Crippen LogP contribution < -0.4 is 4.74 Å². The van der Waals surface area contributed by atoms with Crippen LogP contribution in [0.5, 0.6) is 5.75 Å². The highest BCUT2D eigenvalue weighted by Gasteiger charge is 2.26. The summed E-state index contributed by atoms with van der Waals surface area (Å²) in [7, 11) is 1.37. The largest absolute Gasteiger partial charge is 0.494 e. The number of rotatable bonds is 3. The quantitative estimate of drug-likeness (QED) is 0.883. The van der Waals surface area contributed by atoms with Crippen molar-refractivity contribution in [2.24, 2.45) is 5.92 Å². The molecule has 0 bridgehead atoms. The van der Waals surface area contributed by atoms with Gasteiger partial charge in [-0.25, -0.2) is 4.39 Å². The number of methoxy groups -OCH3 is 1. The van der Waals surface area contributed by atoms with E-state index in [9.17, 15) is 9.18 Å². The van der Waals surface area contributed by atoms with E-state index >= 15 is 0 Å². The lowest BCUT2D eigenvalue weighted by Gasteiger charge is -2.16. The summed E-state index contributed by atoms with van der Waals surface area (Å²) in [4.78, 5) is 13.8. The molecule has 4 nitrogen and oxygen atoms in total. The number of benzene rings is 1. The summed E-state index contributed by atoms with van der Waals surface area (Å²) in [5, 5.41) is 9.05. The molecule has 1 amide bonds. The Hall–Kier alpha value is -1.62. The minimum Gasteiger partial charge on any atom is -0.494 e. The zero-order valence-electron chi connectivity index (χ0n) is 10.2. The molecule has 0 saturated carbocycles. The van der Waals surface area contributed by atoms with Gasteiger partial charge in [0, 0.05) is 31.2 Å². The first-order valence-electron chi connectivity index (χ1n) is 5.89. The maximum Gasteiger partial charge on any atom is 0.254 e. The molecule has 18 heavy (non-hydrogen) atoms. The Kier molecular flexibility index (Phi) is 3.81. The van der Waals surface area contributed by atoms with Gasteiger partial charge in [0.2, 0.25) is 0 Å². The lowest BCUT2D eigenvalue weighted by molar-refractivity contribution is 0.0781. The summed E-state index contributed by atoms with van der Waals surface area (Å²) in [6.07, 6.45) is 0.806. The minimum absolute atomic E-state index is 0.0683. The van der Waals surface area contributed by atoms with E-state index in [-0.39, 0.29) is 24.2 Å². The third kappa shape index (κ3) is 2.46. The lowest BCUT2D eigenvalue weighted by atomic mass is 10.1. The van der Waals surface area contributed by atoms with Gasteiger partial charge in [-0.15, -0.1) is 0 Å². The Balaban J connectivity index is 2.14. The van der Waals surface area contributed by atoms with Gasteiger partial charge in [0.15, 0.2) is 11.6 Å². The summed E-state index contributed by atoms with van der Waals surface area (Å²) < 4.78 is 18.1. The number of aliphatic hydroxyl groups is 1. The maximum absolute atomic E-state index is 13.2. The second-order valence-electron chi connectivity index (χ2n) is 4.44. The van der Waals surface area contributed by atoms with E-state index in [2.05, 4.69) is 0 Å². The topological polar surface area (TPSA) is 49.8 Å². The van der Waals surface area contributed by atoms with Crippen molar-refractivity contribution in [3.63, 3.8) is 0 Å². The lowest BCUT2D eigenvalue weighted by Crippen LogP contribution is -2.29. The van der Waals surface area contributed by atoms with Crippen LogP contribution in [0.4, 0.5) is 4.39 Å². The van der Waals surface area contributed by atoms with Gasteiger partial charge in [-0.1, -0.05) is 0 Å². The van der Waals surface area contributed by atoms with E-state index in [0.29, 0.717) is 18.7 Å². The number of aliphatic hydroxyl groups excluding tert-OH is 1. The van der Waals surface area contributed by atoms with Crippen molar-refractivity contribution in [1.82, 2.24) is 4.90 Å². The van der Waals surface area contributed by atoms with Crippen LogP contribution in [-0.4, -0.2) is 42.7 Å².